The van der Waals surface area contributed by atoms with Gasteiger partial charge < -0.3 is 10.1 Å². The van der Waals surface area contributed by atoms with E-state index in [0.29, 0.717) is 0 Å². The Morgan fingerprint density at radius 1 is 1.10 bits per heavy atom. The average molecular weight is 470 g/mol. The van der Waals surface area contributed by atoms with Gasteiger partial charge in [-0.1, -0.05) is 66.4 Å². The van der Waals surface area contributed by atoms with Gasteiger partial charge in [0, 0.05) is 16.2 Å². The lowest BCUT2D eigenvalue weighted by molar-refractivity contribution is -0.134. The fourth-order valence-electron chi connectivity index (χ4n) is 4.32. The SMILES string of the molecule is COC(=O)/C=C/c1cccc(NC(=O)C2(C(C)c3ccc(Br)cc3)CCCCC2)c1. The summed E-state index contributed by atoms with van der Waals surface area (Å²) in [5, 5.41) is 3.16. The Balaban J connectivity index is 1.83. The van der Waals surface area contributed by atoms with Gasteiger partial charge in [-0.15, -0.1) is 0 Å². The molecule has 1 saturated carbocycles. The topological polar surface area (TPSA) is 55.4 Å². The van der Waals surface area contributed by atoms with Gasteiger partial charge in [0.05, 0.1) is 12.5 Å². The molecule has 1 unspecified atom stereocenters. The minimum absolute atomic E-state index is 0.0757. The van der Waals surface area contributed by atoms with Crippen molar-refractivity contribution in [3.63, 3.8) is 0 Å². The number of nitrogens with one attached hydrogen (secondary N) is 1. The fraction of sp³-hybridized carbons (Fsp3) is 0.360. The number of halogens is 1. The highest BCUT2D eigenvalue weighted by Crippen LogP contribution is 2.48. The molecule has 1 aliphatic rings. The van der Waals surface area contributed by atoms with E-state index in [4.69, 9.17) is 0 Å². The second kappa shape index (κ2) is 10.1. The van der Waals surface area contributed by atoms with E-state index in [1.165, 1.54) is 25.2 Å². The molecule has 158 valence electrons. The minimum Gasteiger partial charge on any atom is -0.466 e. The van der Waals surface area contributed by atoms with Gasteiger partial charge in [0.1, 0.15) is 0 Å². The molecule has 0 spiro atoms. The third kappa shape index (κ3) is 5.20. The fourth-order valence-corrected chi connectivity index (χ4v) is 4.58. The van der Waals surface area contributed by atoms with Gasteiger partial charge in [-0.25, -0.2) is 4.79 Å². The largest absolute Gasteiger partial charge is 0.466 e. The van der Waals surface area contributed by atoms with Crippen molar-refractivity contribution in [2.45, 2.75) is 44.9 Å². The van der Waals surface area contributed by atoms with Gasteiger partial charge >= 0.3 is 5.97 Å². The number of anilines is 1. The summed E-state index contributed by atoms with van der Waals surface area (Å²) in [6, 6.07) is 15.8. The van der Waals surface area contributed by atoms with E-state index in [0.717, 1.165) is 41.4 Å². The van der Waals surface area contributed by atoms with Crippen molar-refractivity contribution in [2.75, 3.05) is 12.4 Å². The number of carbonyl (C=O) groups excluding carboxylic acids is 2. The first-order valence-electron chi connectivity index (χ1n) is 10.4. The Bertz CT molecular complexity index is 914. The summed E-state index contributed by atoms with van der Waals surface area (Å²) in [4.78, 5) is 24.9. The lowest BCUT2D eigenvalue weighted by Gasteiger charge is -2.41. The zero-order valence-corrected chi connectivity index (χ0v) is 19.1. The van der Waals surface area contributed by atoms with E-state index in [2.05, 4.69) is 45.0 Å². The molecule has 2 aromatic rings. The molecule has 5 heteroatoms. The van der Waals surface area contributed by atoms with Crippen molar-refractivity contribution in [1.29, 1.82) is 0 Å². The third-order valence-electron chi connectivity index (χ3n) is 6.15. The molecule has 1 amide bonds. The number of esters is 1. The number of carbonyl (C=O) groups is 2. The third-order valence-corrected chi connectivity index (χ3v) is 6.68. The normalized spacial score (nSPS) is 16.8. The van der Waals surface area contributed by atoms with Crippen molar-refractivity contribution in [1.82, 2.24) is 0 Å². The van der Waals surface area contributed by atoms with Crippen LogP contribution < -0.4 is 5.32 Å². The van der Waals surface area contributed by atoms with Crippen molar-refractivity contribution in [3.05, 3.63) is 70.2 Å². The van der Waals surface area contributed by atoms with Crippen molar-refractivity contribution >= 4 is 39.6 Å². The summed E-state index contributed by atoms with van der Waals surface area (Å²) >= 11 is 3.50. The van der Waals surface area contributed by atoms with Crippen molar-refractivity contribution in [2.24, 2.45) is 5.41 Å². The molecule has 4 nitrogen and oxygen atoms in total. The van der Waals surface area contributed by atoms with Crippen LogP contribution in [0.1, 0.15) is 56.1 Å². The van der Waals surface area contributed by atoms with Gasteiger partial charge in [0.25, 0.3) is 0 Å². The number of hydrogen-bond acceptors (Lipinski definition) is 3. The Labute approximate surface area is 186 Å². The Morgan fingerprint density at radius 3 is 2.47 bits per heavy atom. The van der Waals surface area contributed by atoms with Crippen LogP contribution >= 0.6 is 15.9 Å². The number of benzene rings is 2. The second-order valence-corrected chi connectivity index (χ2v) is 8.84. The number of amides is 1. The van der Waals surface area contributed by atoms with E-state index < -0.39 is 11.4 Å². The molecule has 3 rings (SSSR count). The quantitative estimate of drug-likeness (QED) is 0.397. The lowest BCUT2D eigenvalue weighted by Crippen LogP contribution is -2.42. The molecule has 30 heavy (non-hydrogen) atoms. The summed E-state index contributed by atoms with van der Waals surface area (Å²) < 4.78 is 5.68. The standard InChI is InChI=1S/C25H28BrNO3/c1-18(20-10-12-21(26)13-11-20)25(15-4-3-5-16-25)24(29)27-22-8-6-7-19(17-22)9-14-23(28)30-2/h6-14,17-18H,3-5,15-16H2,1-2H3,(H,27,29)/b14-9+. The minimum atomic E-state index is -0.427. The predicted octanol–water partition coefficient (Wildman–Crippen LogP) is 6.33. The van der Waals surface area contributed by atoms with Gasteiger partial charge in [-0.3, -0.25) is 4.79 Å². The van der Waals surface area contributed by atoms with Crippen LogP contribution in [0.2, 0.25) is 0 Å². The Hall–Kier alpha value is -2.40. The van der Waals surface area contributed by atoms with Crippen LogP contribution in [0.25, 0.3) is 6.08 Å². The van der Waals surface area contributed by atoms with E-state index in [-0.39, 0.29) is 11.8 Å². The van der Waals surface area contributed by atoms with Crippen LogP contribution in [0.4, 0.5) is 5.69 Å². The molecule has 1 fully saturated rings. The Morgan fingerprint density at radius 2 is 1.80 bits per heavy atom. The molecule has 0 aromatic heterocycles. The van der Waals surface area contributed by atoms with E-state index in [1.807, 2.05) is 36.4 Å². The lowest BCUT2D eigenvalue weighted by atomic mass is 9.63. The molecule has 0 heterocycles. The summed E-state index contributed by atoms with van der Waals surface area (Å²) in [5.41, 5.74) is 2.33. The highest BCUT2D eigenvalue weighted by molar-refractivity contribution is 9.10. The van der Waals surface area contributed by atoms with Gasteiger partial charge in [0.2, 0.25) is 5.91 Å². The first kappa shape index (κ1) is 22.3. The monoisotopic (exact) mass is 469 g/mol. The molecule has 1 N–H and O–H groups in total. The maximum atomic E-state index is 13.6. The van der Waals surface area contributed by atoms with E-state index in [9.17, 15) is 9.59 Å². The molecule has 1 aliphatic carbocycles. The highest BCUT2D eigenvalue weighted by atomic mass is 79.9. The van der Waals surface area contributed by atoms with Gasteiger partial charge in [-0.05, 0) is 60.2 Å². The first-order chi connectivity index (χ1) is 14.4. The highest BCUT2D eigenvalue weighted by Gasteiger charge is 2.44. The Kier molecular flexibility index (Phi) is 7.48. The van der Waals surface area contributed by atoms with Crippen LogP contribution in [0, 0.1) is 5.41 Å². The molecular weight excluding hydrogens is 442 g/mol. The average Bonchev–Trinajstić information content (AvgIpc) is 2.78. The van der Waals surface area contributed by atoms with Crippen LogP contribution in [-0.4, -0.2) is 19.0 Å². The zero-order chi connectivity index (χ0) is 21.6. The summed E-state index contributed by atoms with van der Waals surface area (Å²) in [6.45, 7) is 2.17. The molecule has 1 atom stereocenters. The summed E-state index contributed by atoms with van der Waals surface area (Å²) in [7, 11) is 1.35. The number of ether oxygens (including phenoxy) is 1. The number of rotatable bonds is 6. The van der Waals surface area contributed by atoms with Gasteiger partial charge in [-0.2, -0.15) is 0 Å². The van der Waals surface area contributed by atoms with E-state index >= 15 is 0 Å². The molecular formula is C25H28BrNO3. The van der Waals surface area contributed by atoms with Crippen molar-refractivity contribution < 1.29 is 14.3 Å². The molecule has 0 aliphatic heterocycles. The molecule has 0 saturated heterocycles. The van der Waals surface area contributed by atoms with Crippen LogP contribution in [0.5, 0.6) is 0 Å². The van der Waals surface area contributed by atoms with Crippen LogP contribution in [0.15, 0.2) is 59.1 Å². The van der Waals surface area contributed by atoms with E-state index in [1.54, 1.807) is 6.08 Å². The second-order valence-electron chi connectivity index (χ2n) is 7.93. The maximum absolute atomic E-state index is 13.6. The predicted molar refractivity (Wildman–Crippen MR) is 124 cm³/mol. The molecule has 0 bridgehead atoms. The number of methoxy groups -OCH3 is 1. The number of hydrogen-bond donors (Lipinski definition) is 1. The van der Waals surface area contributed by atoms with Crippen LogP contribution in [0.3, 0.4) is 0 Å². The first-order valence-corrected chi connectivity index (χ1v) is 11.2. The van der Waals surface area contributed by atoms with Crippen molar-refractivity contribution in [3.8, 4) is 0 Å². The maximum Gasteiger partial charge on any atom is 0.330 e. The summed E-state index contributed by atoms with van der Waals surface area (Å²) in [6.07, 6.45) is 8.14. The molecule has 2 aromatic carbocycles. The molecule has 0 radical (unpaired) electrons. The van der Waals surface area contributed by atoms with Crippen LogP contribution in [-0.2, 0) is 14.3 Å². The zero-order valence-electron chi connectivity index (χ0n) is 17.5. The summed E-state index contributed by atoms with van der Waals surface area (Å²) in [5.74, 6) is -0.214. The van der Waals surface area contributed by atoms with Gasteiger partial charge in [0.15, 0.2) is 0 Å². The smallest absolute Gasteiger partial charge is 0.330 e.